The van der Waals surface area contributed by atoms with Gasteiger partial charge in [-0.05, 0) is 31.1 Å². The Balaban J connectivity index is 1.92. The molecular weight excluding hydrogens is 192 g/mol. The lowest BCUT2D eigenvalue weighted by molar-refractivity contribution is -0.126. The van der Waals surface area contributed by atoms with Crippen LogP contribution in [0.3, 0.4) is 0 Å². The van der Waals surface area contributed by atoms with E-state index in [1.165, 1.54) is 0 Å². The van der Waals surface area contributed by atoms with Gasteiger partial charge in [-0.3, -0.25) is 9.59 Å². The number of nitrogens with zero attached hydrogens (tertiary/aromatic N) is 1. The second-order valence-corrected chi connectivity index (χ2v) is 4.99. The van der Waals surface area contributed by atoms with Gasteiger partial charge in [-0.2, -0.15) is 0 Å². The third kappa shape index (κ3) is 1.98. The summed E-state index contributed by atoms with van der Waals surface area (Å²) in [6.45, 7) is 0.902. The van der Waals surface area contributed by atoms with Crippen molar-refractivity contribution in [3.05, 3.63) is 0 Å². The Morgan fingerprint density at radius 2 is 2.13 bits per heavy atom. The summed E-state index contributed by atoms with van der Waals surface area (Å²) < 4.78 is 0. The van der Waals surface area contributed by atoms with Crippen LogP contribution >= 0.6 is 0 Å². The standard InChI is InChI=1S/C11H18N2O2/c1-13-7-11(6-10(13)15)4-2-9(3-5-11)12-8-14/h8-9H,2-7H2,1H3,(H,12,14). The first kappa shape index (κ1) is 10.5. The van der Waals surface area contributed by atoms with Crippen molar-refractivity contribution in [2.45, 2.75) is 38.1 Å². The lowest BCUT2D eigenvalue weighted by atomic mass is 9.72. The van der Waals surface area contributed by atoms with Crippen LogP contribution in [-0.2, 0) is 9.59 Å². The number of hydrogen-bond acceptors (Lipinski definition) is 2. The summed E-state index contributed by atoms with van der Waals surface area (Å²) in [5.41, 5.74) is 0.215. The van der Waals surface area contributed by atoms with Gasteiger partial charge in [0.25, 0.3) is 0 Å². The molecule has 15 heavy (non-hydrogen) atoms. The third-order valence-corrected chi connectivity index (χ3v) is 3.87. The zero-order chi connectivity index (χ0) is 10.9. The van der Waals surface area contributed by atoms with Gasteiger partial charge in [-0.1, -0.05) is 0 Å². The third-order valence-electron chi connectivity index (χ3n) is 3.87. The van der Waals surface area contributed by atoms with Crippen molar-refractivity contribution in [2.75, 3.05) is 13.6 Å². The van der Waals surface area contributed by atoms with Gasteiger partial charge in [0.05, 0.1) is 0 Å². The van der Waals surface area contributed by atoms with E-state index in [4.69, 9.17) is 0 Å². The zero-order valence-electron chi connectivity index (χ0n) is 9.16. The maximum atomic E-state index is 11.5. The molecule has 1 saturated carbocycles. The highest BCUT2D eigenvalue weighted by atomic mass is 16.2. The van der Waals surface area contributed by atoms with Crippen molar-refractivity contribution in [1.82, 2.24) is 10.2 Å². The minimum Gasteiger partial charge on any atom is -0.356 e. The average Bonchev–Trinajstić information content (AvgIpc) is 2.47. The lowest BCUT2D eigenvalue weighted by Gasteiger charge is -2.36. The fourth-order valence-corrected chi connectivity index (χ4v) is 2.93. The molecule has 1 saturated heterocycles. The highest BCUT2D eigenvalue weighted by Gasteiger charge is 2.43. The number of hydrogen-bond donors (Lipinski definition) is 1. The summed E-state index contributed by atoms with van der Waals surface area (Å²) in [5, 5.41) is 2.83. The predicted molar refractivity (Wildman–Crippen MR) is 56.1 cm³/mol. The molecule has 1 aliphatic carbocycles. The number of carbonyl (C=O) groups excluding carboxylic acids is 2. The Bertz CT molecular complexity index is 270. The first-order valence-electron chi connectivity index (χ1n) is 5.59. The van der Waals surface area contributed by atoms with E-state index in [0.717, 1.165) is 38.6 Å². The molecule has 0 aromatic heterocycles. The molecule has 2 rings (SSSR count). The quantitative estimate of drug-likeness (QED) is 0.676. The molecule has 0 radical (unpaired) electrons. The SMILES string of the molecule is CN1CC2(CCC(NC=O)CC2)CC1=O. The Hall–Kier alpha value is -1.06. The minimum atomic E-state index is 0.215. The maximum Gasteiger partial charge on any atom is 0.222 e. The van der Waals surface area contributed by atoms with Crippen LogP contribution < -0.4 is 5.32 Å². The van der Waals surface area contributed by atoms with Gasteiger partial charge in [0.1, 0.15) is 0 Å². The molecular formula is C11H18N2O2. The van der Waals surface area contributed by atoms with Gasteiger partial charge in [0, 0.05) is 26.1 Å². The maximum absolute atomic E-state index is 11.5. The van der Waals surface area contributed by atoms with Crippen molar-refractivity contribution in [3.8, 4) is 0 Å². The van der Waals surface area contributed by atoms with Crippen LogP contribution in [0.4, 0.5) is 0 Å². The molecule has 2 amide bonds. The molecule has 1 N–H and O–H groups in total. The summed E-state index contributed by atoms with van der Waals surface area (Å²) in [6, 6.07) is 0.328. The van der Waals surface area contributed by atoms with E-state index in [1.54, 1.807) is 0 Å². The van der Waals surface area contributed by atoms with Gasteiger partial charge in [-0.15, -0.1) is 0 Å². The van der Waals surface area contributed by atoms with Crippen molar-refractivity contribution >= 4 is 12.3 Å². The summed E-state index contributed by atoms with van der Waals surface area (Å²) in [5.74, 6) is 0.275. The van der Waals surface area contributed by atoms with Gasteiger partial charge in [-0.25, -0.2) is 0 Å². The van der Waals surface area contributed by atoms with E-state index in [1.807, 2.05) is 11.9 Å². The zero-order valence-corrected chi connectivity index (χ0v) is 9.16. The van der Waals surface area contributed by atoms with Gasteiger partial charge in [0.15, 0.2) is 0 Å². The van der Waals surface area contributed by atoms with Gasteiger partial charge in [0.2, 0.25) is 12.3 Å². The molecule has 1 aliphatic heterocycles. The van der Waals surface area contributed by atoms with E-state index in [-0.39, 0.29) is 11.3 Å². The van der Waals surface area contributed by atoms with Crippen LogP contribution in [-0.4, -0.2) is 36.9 Å². The molecule has 0 atom stereocenters. The topological polar surface area (TPSA) is 49.4 Å². The Morgan fingerprint density at radius 3 is 2.60 bits per heavy atom. The monoisotopic (exact) mass is 210 g/mol. The lowest BCUT2D eigenvalue weighted by Crippen LogP contribution is -2.38. The number of nitrogens with one attached hydrogen (secondary N) is 1. The highest BCUT2D eigenvalue weighted by molar-refractivity contribution is 5.79. The largest absolute Gasteiger partial charge is 0.356 e. The fourth-order valence-electron chi connectivity index (χ4n) is 2.93. The highest BCUT2D eigenvalue weighted by Crippen LogP contribution is 2.43. The fraction of sp³-hybridized carbons (Fsp3) is 0.818. The molecule has 0 aromatic carbocycles. The molecule has 2 aliphatic rings. The average molecular weight is 210 g/mol. The molecule has 1 heterocycles. The Kier molecular flexibility index (Phi) is 2.67. The van der Waals surface area contributed by atoms with Crippen molar-refractivity contribution in [3.63, 3.8) is 0 Å². The normalized spacial score (nSPS) is 35.9. The van der Waals surface area contributed by atoms with Crippen LogP contribution in [0, 0.1) is 5.41 Å². The van der Waals surface area contributed by atoms with E-state index in [2.05, 4.69) is 5.32 Å². The van der Waals surface area contributed by atoms with Crippen LogP contribution in [0.25, 0.3) is 0 Å². The van der Waals surface area contributed by atoms with E-state index in [0.29, 0.717) is 12.5 Å². The summed E-state index contributed by atoms with van der Waals surface area (Å²) >= 11 is 0. The van der Waals surface area contributed by atoms with Crippen LogP contribution in [0.5, 0.6) is 0 Å². The molecule has 4 nitrogen and oxygen atoms in total. The molecule has 4 heteroatoms. The number of rotatable bonds is 2. The molecule has 0 bridgehead atoms. The van der Waals surface area contributed by atoms with Crippen LogP contribution in [0.1, 0.15) is 32.1 Å². The number of likely N-dealkylation sites (tertiary alicyclic amines) is 1. The van der Waals surface area contributed by atoms with Crippen LogP contribution in [0.15, 0.2) is 0 Å². The van der Waals surface area contributed by atoms with Crippen molar-refractivity contribution < 1.29 is 9.59 Å². The van der Waals surface area contributed by atoms with Crippen molar-refractivity contribution in [1.29, 1.82) is 0 Å². The first-order valence-corrected chi connectivity index (χ1v) is 5.59. The van der Waals surface area contributed by atoms with Crippen LogP contribution in [0.2, 0.25) is 0 Å². The van der Waals surface area contributed by atoms with Gasteiger partial charge < -0.3 is 10.2 Å². The van der Waals surface area contributed by atoms with E-state index in [9.17, 15) is 9.59 Å². The first-order chi connectivity index (χ1) is 7.15. The second kappa shape index (κ2) is 3.83. The minimum absolute atomic E-state index is 0.215. The number of amides is 2. The number of carbonyl (C=O) groups is 2. The molecule has 0 unspecified atom stereocenters. The van der Waals surface area contributed by atoms with E-state index >= 15 is 0 Å². The second-order valence-electron chi connectivity index (χ2n) is 4.99. The predicted octanol–water partition coefficient (Wildman–Crippen LogP) is 0.523. The molecule has 0 aromatic rings. The molecule has 1 spiro atoms. The molecule has 84 valence electrons. The Morgan fingerprint density at radius 1 is 1.47 bits per heavy atom. The Labute approximate surface area is 90.0 Å². The molecule has 2 fully saturated rings. The van der Waals surface area contributed by atoms with E-state index < -0.39 is 0 Å². The van der Waals surface area contributed by atoms with Crippen molar-refractivity contribution in [2.24, 2.45) is 5.41 Å². The summed E-state index contributed by atoms with van der Waals surface area (Å²) in [4.78, 5) is 23.7. The smallest absolute Gasteiger partial charge is 0.222 e. The van der Waals surface area contributed by atoms with Gasteiger partial charge >= 0.3 is 0 Å². The summed E-state index contributed by atoms with van der Waals surface area (Å²) in [7, 11) is 1.88. The summed E-state index contributed by atoms with van der Waals surface area (Å²) in [6.07, 6.45) is 5.65.